The van der Waals surface area contributed by atoms with Crippen molar-refractivity contribution in [1.29, 1.82) is 0 Å². The molecule has 82 valence electrons. The van der Waals surface area contributed by atoms with Crippen molar-refractivity contribution < 1.29 is 0 Å². The van der Waals surface area contributed by atoms with E-state index < -0.39 is 0 Å². The van der Waals surface area contributed by atoms with Crippen LogP contribution in [0.4, 0.5) is 0 Å². The van der Waals surface area contributed by atoms with E-state index >= 15 is 0 Å². The third-order valence-electron chi connectivity index (χ3n) is 2.70. The van der Waals surface area contributed by atoms with Gasteiger partial charge in [-0.25, -0.2) is 0 Å². The fourth-order valence-electron chi connectivity index (χ4n) is 1.75. The van der Waals surface area contributed by atoms with E-state index in [1.807, 2.05) is 22.8 Å². The maximum absolute atomic E-state index is 6.15. The highest BCUT2D eigenvalue weighted by Gasteiger charge is 2.27. The fourth-order valence-corrected chi connectivity index (χ4v) is 2.32. The van der Waals surface area contributed by atoms with Crippen molar-refractivity contribution in [3.05, 3.63) is 34.6 Å². The first kappa shape index (κ1) is 10.1. The first-order chi connectivity index (χ1) is 7.77. The monoisotopic (exact) mass is 253 g/mol. The molecule has 0 aliphatic heterocycles. The summed E-state index contributed by atoms with van der Waals surface area (Å²) in [6.45, 7) is 0. The number of halogens is 2. The van der Waals surface area contributed by atoms with E-state index in [1.54, 1.807) is 6.33 Å². The number of hydrogen-bond acceptors (Lipinski definition) is 2. The third-order valence-corrected chi connectivity index (χ3v) is 3.33. The van der Waals surface area contributed by atoms with Crippen LogP contribution < -0.4 is 0 Å². The van der Waals surface area contributed by atoms with Crippen LogP contribution in [0.5, 0.6) is 0 Å². The minimum absolute atomic E-state index is 0.511. The van der Waals surface area contributed by atoms with Crippen LogP contribution in [0.1, 0.15) is 18.9 Å². The minimum Gasteiger partial charge on any atom is -0.310 e. The molecule has 3 nitrogen and oxygen atoms in total. The number of nitrogens with zero attached hydrogens (tertiary/aromatic N) is 3. The molecule has 0 amide bonds. The van der Waals surface area contributed by atoms with Gasteiger partial charge in [0.25, 0.3) is 0 Å². The van der Waals surface area contributed by atoms with Crippen molar-refractivity contribution in [3.8, 4) is 11.4 Å². The Morgan fingerprint density at radius 2 is 1.88 bits per heavy atom. The van der Waals surface area contributed by atoms with Gasteiger partial charge in [-0.1, -0.05) is 29.3 Å². The van der Waals surface area contributed by atoms with Crippen LogP contribution in [0.25, 0.3) is 11.4 Å². The second-order valence-electron chi connectivity index (χ2n) is 3.89. The second-order valence-corrected chi connectivity index (χ2v) is 4.70. The molecule has 0 atom stereocenters. The Morgan fingerprint density at radius 3 is 2.50 bits per heavy atom. The molecule has 1 aromatic heterocycles. The summed E-state index contributed by atoms with van der Waals surface area (Å²) in [7, 11) is 0. The minimum atomic E-state index is 0.511. The van der Waals surface area contributed by atoms with E-state index in [0.717, 1.165) is 11.4 Å². The standard InChI is InChI=1S/C11H9Cl2N3/c12-8-2-1-3-9(13)10(8)11-15-14-6-16(11)7-4-5-7/h1-3,6-7H,4-5H2. The quantitative estimate of drug-likeness (QED) is 0.819. The molecular weight excluding hydrogens is 245 g/mol. The van der Waals surface area contributed by atoms with Gasteiger partial charge in [0.1, 0.15) is 6.33 Å². The molecule has 1 fully saturated rings. The predicted octanol–water partition coefficient (Wildman–Crippen LogP) is 3.59. The number of benzene rings is 1. The lowest BCUT2D eigenvalue weighted by atomic mass is 10.2. The average molecular weight is 254 g/mol. The first-order valence-corrected chi connectivity index (χ1v) is 5.87. The average Bonchev–Trinajstić information content (AvgIpc) is 2.99. The van der Waals surface area contributed by atoms with E-state index in [1.165, 1.54) is 12.8 Å². The van der Waals surface area contributed by atoms with Crippen molar-refractivity contribution in [2.75, 3.05) is 0 Å². The highest BCUT2D eigenvalue weighted by Crippen LogP contribution is 2.40. The SMILES string of the molecule is Clc1cccc(Cl)c1-c1nncn1C1CC1. The fraction of sp³-hybridized carbons (Fsp3) is 0.273. The predicted molar refractivity (Wildman–Crippen MR) is 63.7 cm³/mol. The summed E-state index contributed by atoms with van der Waals surface area (Å²) in [6, 6.07) is 5.97. The van der Waals surface area contributed by atoms with Crippen LogP contribution in [0.3, 0.4) is 0 Å². The van der Waals surface area contributed by atoms with Crippen molar-refractivity contribution >= 4 is 23.2 Å². The molecule has 0 spiro atoms. The maximum Gasteiger partial charge on any atom is 0.167 e. The molecule has 5 heteroatoms. The Balaban J connectivity index is 2.17. The largest absolute Gasteiger partial charge is 0.310 e. The molecule has 2 aromatic rings. The normalized spacial score (nSPS) is 15.4. The van der Waals surface area contributed by atoms with Crippen molar-refractivity contribution in [3.63, 3.8) is 0 Å². The number of aromatic nitrogens is 3. The van der Waals surface area contributed by atoms with Crippen LogP contribution in [0.2, 0.25) is 10.0 Å². The molecular formula is C11H9Cl2N3. The van der Waals surface area contributed by atoms with Crippen molar-refractivity contribution in [2.45, 2.75) is 18.9 Å². The Bertz CT molecular complexity index is 512. The Hall–Kier alpha value is -1.06. The van der Waals surface area contributed by atoms with Crippen LogP contribution in [-0.4, -0.2) is 14.8 Å². The molecule has 1 aromatic carbocycles. The summed E-state index contributed by atoms with van der Waals surface area (Å²) in [5.41, 5.74) is 0.773. The molecule has 1 saturated carbocycles. The smallest absolute Gasteiger partial charge is 0.167 e. The molecule has 0 saturated heterocycles. The van der Waals surface area contributed by atoms with E-state index in [4.69, 9.17) is 23.2 Å². The van der Waals surface area contributed by atoms with Crippen LogP contribution in [0.15, 0.2) is 24.5 Å². The summed E-state index contributed by atoms with van der Waals surface area (Å²) < 4.78 is 2.05. The summed E-state index contributed by atoms with van der Waals surface area (Å²) in [6.07, 6.45) is 4.09. The Labute approximate surface area is 103 Å². The molecule has 16 heavy (non-hydrogen) atoms. The third kappa shape index (κ3) is 1.60. The van der Waals surface area contributed by atoms with Gasteiger partial charge in [0, 0.05) is 6.04 Å². The molecule has 0 N–H and O–H groups in total. The van der Waals surface area contributed by atoms with Gasteiger partial charge in [-0.3, -0.25) is 0 Å². The maximum atomic E-state index is 6.15. The van der Waals surface area contributed by atoms with Gasteiger partial charge in [0.05, 0.1) is 15.6 Å². The molecule has 0 radical (unpaired) electrons. The Morgan fingerprint density at radius 1 is 1.19 bits per heavy atom. The molecule has 1 heterocycles. The molecule has 1 aliphatic rings. The van der Waals surface area contributed by atoms with E-state index in [-0.39, 0.29) is 0 Å². The zero-order valence-electron chi connectivity index (χ0n) is 8.40. The summed E-state index contributed by atoms with van der Waals surface area (Å²) >= 11 is 12.3. The van der Waals surface area contributed by atoms with Crippen LogP contribution in [0, 0.1) is 0 Å². The van der Waals surface area contributed by atoms with Gasteiger partial charge in [-0.05, 0) is 25.0 Å². The number of hydrogen-bond donors (Lipinski definition) is 0. The molecule has 0 bridgehead atoms. The van der Waals surface area contributed by atoms with Crippen molar-refractivity contribution in [2.24, 2.45) is 0 Å². The van der Waals surface area contributed by atoms with Gasteiger partial charge in [-0.15, -0.1) is 10.2 Å². The second kappa shape index (κ2) is 3.75. The summed E-state index contributed by atoms with van der Waals surface area (Å²) in [5.74, 6) is 0.762. The lowest BCUT2D eigenvalue weighted by molar-refractivity contribution is 0.746. The zero-order valence-corrected chi connectivity index (χ0v) is 9.91. The van der Waals surface area contributed by atoms with Crippen LogP contribution in [-0.2, 0) is 0 Å². The highest BCUT2D eigenvalue weighted by molar-refractivity contribution is 6.38. The lowest BCUT2D eigenvalue weighted by Gasteiger charge is -2.07. The van der Waals surface area contributed by atoms with Gasteiger partial charge in [0.2, 0.25) is 0 Å². The Kier molecular flexibility index (Phi) is 2.37. The van der Waals surface area contributed by atoms with E-state index in [0.29, 0.717) is 16.1 Å². The molecule has 1 aliphatic carbocycles. The molecule has 3 rings (SSSR count). The van der Waals surface area contributed by atoms with Crippen molar-refractivity contribution in [1.82, 2.24) is 14.8 Å². The van der Waals surface area contributed by atoms with Gasteiger partial charge in [-0.2, -0.15) is 0 Å². The molecule has 0 unspecified atom stereocenters. The zero-order chi connectivity index (χ0) is 11.1. The number of rotatable bonds is 2. The summed E-state index contributed by atoms with van der Waals surface area (Å²) in [4.78, 5) is 0. The van der Waals surface area contributed by atoms with Gasteiger partial charge >= 0.3 is 0 Å². The highest BCUT2D eigenvalue weighted by atomic mass is 35.5. The van der Waals surface area contributed by atoms with Gasteiger partial charge < -0.3 is 4.57 Å². The first-order valence-electron chi connectivity index (χ1n) is 5.11. The summed E-state index contributed by atoms with van der Waals surface area (Å²) in [5, 5.41) is 9.28. The topological polar surface area (TPSA) is 30.7 Å². The van der Waals surface area contributed by atoms with E-state index in [9.17, 15) is 0 Å². The van der Waals surface area contributed by atoms with Crippen LogP contribution >= 0.6 is 23.2 Å². The lowest BCUT2D eigenvalue weighted by Crippen LogP contribution is -1.97. The van der Waals surface area contributed by atoms with E-state index in [2.05, 4.69) is 10.2 Å². The van der Waals surface area contributed by atoms with Gasteiger partial charge in [0.15, 0.2) is 5.82 Å².